The quantitative estimate of drug-likeness (QED) is 0.374. The molecule has 2 heterocycles. The Morgan fingerprint density at radius 3 is 2.71 bits per heavy atom. The van der Waals surface area contributed by atoms with Gasteiger partial charge >= 0.3 is 0 Å². The molecule has 1 atom stereocenters. The number of nitrogens with zero attached hydrogens (tertiary/aromatic N) is 1. The molecule has 0 radical (unpaired) electrons. The van der Waals surface area contributed by atoms with Gasteiger partial charge in [0.15, 0.2) is 16.6 Å². The fourth-order valence-corrected chi connectivity index (χ4v) is 5.34. The van der Waals surface area contributed by atoms with Gasteiger partial charge in [-0.05, 0) is 42.2 Å². The maximum Gasteiger partial charge on any atom is 0.236 e. The first-order chi connectivity index (χ1) is 17.0. The number of thiazole rings is 1. The van der Waals surface area contributed by atoms with Crippen molar-refractivity contribution in [1.29, 1.82) is 0 Å². The zero-order chi connectivity index (χ0) is 24.4. The van der Waals surface area contributed by atoms with Crippen LogP contribution in [0.4, 0.5) is 5.13 Å². The molecule has 35 heavy (non-hydrogen) atoms. The van der Waals surface area contributed by atoms with Gasteiger partial charge in [0.25, 0.3) is 0 Å². The molecule has 2 aromatic carbocycles. The lowest BCUT2D eigenvalue weighted by atomic mass is 9.94. The second-order valence-corrected chi connectivity index (χ2v) is 10.0. The van der Waals surface area contributed by atoms with E-state index in [1.807, 2.05) is 42.5 Å². The molecule has 0 bridgehead atoms. The van der Waals surface area contributed by atoms with Crippen LogP contribution in [0.2, 0.25) is 5.02 Å². The minimum Gasteiger partial charge on any atom is -0.454 e. The molecule has 2 aliphatic rings. The molecule has 8 nitrogen and oxygen atoms in total. The van der Waals surface area contributed by atoms with E-state index in [9.17, 15) is 9.59 Å². The van der Waals surface area contributed by atoms with Gasteiger partial charge < -0.3 is 25.4 Å². The van der Waals surface area contributed by atoms with Crippen LogP contribution in [0.1, 0.15) is 41.8 Å². The summed E-state index contributed by atoms with van der Waals surface area (Å²) in [5.74, 6) is 1.21. The summed E-state index contributed by atoms with van der Waals surface area (Å²) in [5, 5.41) is 10.4. The number of amides is 2. The molecule has 0 saturated heterocycles. The molecular formula is C25H25ClN4O4S. The number of ether oxygens (including phenoxy) is 2. The van der Waals surface area contributed by atoms with Gasteiger partial charge in [0.05, 0.1) is 11.5 Å². The van der Waals surface area contributed by atoms with Crippen LogP contribution in [-0.4, -0.2) is 36.7 Å². The van der Waals surface area contributed by atoms with Crippen LogP contribution in [0.15, 0.2) is 48.7 Å². The number of rotatable bonds is 9. The Labute approximate surface area is 212 Å². The van der Waals surface area contributed by atoms with E-state index >= 15 is 0 Å². The van der Waals surface area contributed by atoms with Crippen LogP contribution in [-0.2, 0) is 15.0 Å². The van der Waals surface area contributed by atoms with Crippen molar-refractivity contribution in [2.45, 2.75) is 31.2 Å². The number of fused-ring (bicyclic) bond motifs is 1. The normalized spacial score (nSPS) is 15.9. The fourth-order valence-electron chi connectivity index (χ4n) is 4.19. The molecule has 3 aromatic rings. The van der Waals surface area contributed by atoms with E-state index in [0.29, 0.717) is 34.7 Å². The number of benzene rings is 2. The molecule has 2 amide bonds. The molecule has 0 spiro atoms. The minimum atomic E-state index is -0.578. The van der Waals surface area contributed by atoms with Crippen LogP contribution in [0.3, 0.4) is 0 Å². The van der Waals surface area contributed by atoms with Crippen molar-refractivity contribution in [3.05, 3.63) is 69.7 Å². The topological polar surface area (TPSA) is 102 Å². The fraction of sp³-hybridized carbons (Fsp3) is 0.320. The lowest BCUT2D eigenvalue weighted by Crippen LogP contribution is -2.32. The largest absolute Gasteiger partial charge is 0.454 e. The Hall–Kier alpha value is -3.14. The molecular weight excluding hydrogens is 488 g/mol. The molecule has 1 aliphatic carbocycles. The number of aromatic nitrogens is 1. The highest BCUT2D eigenvalue weighted by molar-refractivity contribution is 7.15. The lowest BCUT2D eigenvalue weighted by Gasteiger charge is -2.19. The second kappa shape index (κ2) is 9.85. The average molecular weight is 513 g/mol. The SMILES string of the molecule is CC(=O)NCCNC(c1cnc(NC(=O)C2(c3ccc4c(c3)OCO4)CC2)s1)c1ccccc1Cl. The number of anilines is 1. The summed E-state index contributed by atoms with van der Waals surface area (Å²) in [5.41, 5.74) is 1.24. The van der Waals surface area contributed by atoms with E-state index in [4.69, 9.17) is 21.1 Å². The summed E-state index contributed by atoms with van der Waals surface area (Å²) in [6.07, 6.45) is 3.28. The monoisotopic (exact) mass is 512 g/mol. The molecule has 5 rings (SSSR count). The Bertz CT molecular complexity index is 1260. The van der Waals surface area contributed by atoms with Crippen LogP contribution < -0.4 is 25.4 Å². The van der Waals surface area contributed by atoms with Crippen molar-refractivity contribution in [1.82, 2.24) is 15.6 Å². The summed E-state index contributed by atoms with van der Waals surface area (Å²) in [6.45, 7) is 2.71. The first-order valence-corrected chi connectivity index (χ1v) is 12.6. The van der Waals surface area contributed by atoms with Crippen molar-refractivity contribution >= 4 is 39.9 Å². The molecule has 1 unspecified atom stereocenters. The lowest BCUT2D eigenvalue weighted by molar-refractivity contribution is -0.119. The van der Waals surface area contributed by atoms with Crippen molar-refractivity contribution in [3.8, 4) is 11.5 Å². The van der Waals surface area contributed by atoms with Gasteiger partial charge in [-0.3, -0.25) is 9.59 Å². The zero-order valence-electron chi connectivity index (χ0n) is 19.1. The van der Waals surface area contributed by atoms with Crippen LogP contribution in [0.25, 0.3) is 0 Å². The van der Waals surface area contributed by atoms with E-state index in [2.05, 4.69) is 20.9 Å². The molecule has 1 saturated carbocycles. The van der Waals surface area contributed by atoms with Gasteiger partial charge in [-0.25, -0.2) is 4.98 Å². The van der Waals surface area contributed by atoms with E-state index in [1.165, 1.54) is 18.3 Å². The molecule has 1 aromatic heterocycles. The first-order valence-electron chi connectivity index (χ1n) is 11.4. The van der Waals surface area contributed by atoms with Gasteiger partial charge in [-0.15, -0.1) is 0 Å². The van der Waals surface area contributed by atoms with Gasteiger partial charge in [0.1, 0.15) is 0 Å². The van der Waals surface area contributed by atoms with Gasteiger partial charge in [0.2, 0.25) is 18.6 Å². The summed E-state index contributed by atoms with van der Waals surface area (Å²) >= 11 is 7.89. The number of hydrogen-bond acceptors (Lipinski definition) is 7. The van der Waals surface area contributed by atoms with Crippen molar-refractivity contribution < 1.29 is 19.1 Å². The Kier molecular flexibility index (Phi) is 6.64. The Balaban J connectivity index is 1.32. The summed E-state index contributed by atoms with van der Waals surface area (Å²) in [7, 11) is 0. The van der Waals surface area contributed by atoms with Crippen LogP contribution in [0, 0.1) is 0 Å². The third-order valence-corrected chi connectivity index (χ3v) is 7.52. The van der Waals surface area contributed by atoms with E-state index in [-0.39, 0.29) is 24.6 Å². The minimum absolute atomic E-state index is 0.0785. The smallest absolute Gasteiger partial charge is 0.236 e. The zero-order valence-corrected chi connectivity index (χ0v) is 20.7. The Morgan fingerprint density at radius 1 is 1.14 bits per heavy atom. The molecule has 1 fully saturated rings. The van der Waals surface area contributed by atoms with Crippen molar-refractivity contribution in [2.75, 3.05) is 25.2 Å². The first kappa shape index (κ1) is 23.6. The number of halogens is 1. The maximum atomic E-state index is 13.3. The Morgan fingerprint density at radius 2 is 1.94 bits per heavy atom. The van der Waals surface area contributed by atoms with E-state index in [0.717, 1.165) is 28.8 Å². The van der Waals surface area contributed by atoms with Crippen LogP contribution >= 0.6 is 22.9 Å². The summed E-state index contributed by atoms with van der Waals surface area (Å²) in [4.78, 5) is 29.9. The highest BCUT2D eigenvalue weighted by atomic mass is 35.5. The van der Waals surface area contributed by atoms with Gasteiger partial charge in [0, 0.05) is 36.1 Å². The molecule has 3 N–H and O–H groups in total. The van der Waals surface area contributed by atoms with Crippen molar-refractivity contribution in [2.24, 2.45) is 0 Å². The standard InChI is InChI=1S/C25H25ClN4O4S/c1-15(31)27-10-11-28-22(17-4-2-3-5-18(17)26)21-13-29-24(35-21)30-23(32)25(8-9-25)16-6-7-19-20(12-16)34-14-33-19/h2-7,12-13,22,28H,8-11,14H2,1H3,(H,27,31)(H,29,30,32). The van der Waals surface area contributed by atoms with E-state index < -0.39 is 5.41 Å². The van der Waals surface area contributed by atoms with Gasteiger partial charge in [-0.1, -0.05) is 47.2 Å². The highest BCUT2D eigenvalue weighted by Crippen LogP contribution is 2.51. The molecule has 1 aliphatic heterocycles. The van der Waals surface area contributed by atoms with Gasteiger partial charge in [-0.2, -0.15) is 0 Å². The number of nitrogens with one attached hydrogen (secondary N) is 3. The van der Waals surface area contributed by atoms with Crippen molar-refractivity contribution in [3.63, 3.8) is 0 Å². The predicted molar refractivity (Wildman–Crippen MR) is 134 cm³/mol. The summed E-state index contributed by atoms with van der Waals surface area (Å²) < 4.78 is 10.9. The van der Waals surface area contributed by atoms with E-state index in [1.54, 1.807) is 6.20 Å². The maximum absolute atomic E-state index is 13.3. The molecule has 10 heteroatoms. The predicted octanol–water partition coefficient (Wildman–Crippen LogP) is 4.01. The number of hydrogen-bond donors (Lipinski definition) is 3. The number of carbonyl (C=O) groups is 2. The third-order valence-electron chi connectivity index (χ3n) is 6.20. The third kappa shape index (κ3) is 4.98. The average Bonchev–Trinajstić information content (AvgIpc) is 3.30. The highest BCUT2D eigenvalue weighted by Gasteiger charge is 2.52. The summed E-state index contributed by atoms with van der Waals surface area (Å²) in [6, 6.07) is 13.0. The molecule has 182 valence electrons. The second-order valence-electron chi connectivity index (χ2n) is 8.56. The number of carbonyl (C=O) groups excluding carboxylic acids is 2. The van der Waals surface area contributed by atoms with Crippen LogP contribution in [0.5, 0.6) is 11.5 Å².